The zero-order chi connectivity index (χ0) is 56.1. The number of hydrogen-bond acceptors (Lipinski definition) is 13. The minimum atomic E-state index is -4.84. The standard InChI is InChI=1S/C52H66F5N9O11/c1-31(2)43(36-12-13-38(53)44(54)46(36)74-4)47(77-30-52(55,56)57)51(73)65-35-14-20-59-39(27-35)50(72)62-19-6-18-61-48(70)32-8-10-34(11-9-32)64-41(68)16-23-75-25-26-76-24-22-60-40(67)15-21-63-49(71)37-28-42(69)66(3)45(37)33-7-5-17-58-29-33/h5,7,12-14,17,20,27,29,31-32,37,43,45,47H,6,8-11,15-16,18-19,21-26,28,30H2,1-4H3,(H,60,67)(H,61,70)(H,62,72)(H,63,71)(H,59,65,73)/t32?,37-,43-,45+,47+/m0/s1. The first-order valence-electron chi connectivity index (χ1n) is 25.3. The molecule has 1 aliphatic carbocycles. The number of methoxy groups -OCH3 is 1. The van der Waals surface area contributed by atoms with Crippen LogP contribution < -0.4 is 31.3 Å². The van der Waals surface area contributed by atoms with Crippen LogP contribution in [0.2, 0.25) is 0 Å². The summed E-state index contributed by atoms with van der Waals surface area (Å²) in [6, 6.07) is 7.52. The van der Waals surface area contributed by atoms with Crippen LogP contribution in [-0.4, -0.2) is 148 Å². The van der Waals surface area contributed by atoms with Gasteiger partial charge in [0.2, 0.25) is 35.4 Å². The molecule has 20 nitrogen and oxygen atoms in total. The van der Waals surface area contributed by atoms with Crippen LogP contribution in [-0.2, 0) is 43.0 Å². The van der Waals surface area contributed by atoms with Crippen molar-refractivity contribution in [3.63, 3.8) is 0 Å². The average Bonchev–Trinajstić information content (AvgIpc) is 3.71. The van der Waals surface area contributed by atoms with E-state index in [0.717, 1.165) is 24.8 Å². The van der Waals surface area contributed by atoms with E-state index in [-0.39, 0.29) is 124 Å². The second kappa shape index (κ2) is 30.1. The van der Waals surface area contributed by atoms with Gasteiger partial charge in [-0.25, -0.2) is 9.38 Å². The summed E-state index contributed by atoms with van der Waals surface area (Å²) in [7, 11) is 2.71. The highest BCUT2D eigenvalue weighted by molar-refractivity contribution is 5.98. The molecule has 0 unspecified atom stereocenters. The Kier molecular flexibility index (Phi) is 23.8. The molecule has 1 saturated heterocycles. The Morgan fingerprint density at radius 2 is 1.57 bits per heavy atom. The molecular weight excluding hydrogens is 1020 g/mol. The third-order valence-corrected chi connectivity index (χ3v) is 12.8. The van der Waals surface area contributed by atoms with Crippen molar-refractivity contribution in [2.24, 2.45) is 22.7 Å². The molecule has 4 atom stereocenters. The van der Waals surface area contributed by atoms with Crippen LogP contribution in [0.4, 0.5) is 27.6 Å². The van der Waals surface area contributed by atoms with Gasteiger partial charge in [-0.3, -0.25) is 43.5 Å². The molecule has 0 radical (unpaired) electrons. The summed E-state index contributed by atoms with van der Waals surface area (Å²) in [6.45, 7) is 2.84. The number of rotatable bonds is 28. The highest BCUT2D eigenvalue weighted by Crippen LogP contribution is 2.40. The number of nitrogens with one attached hydrogen (secondary N) is 5. The molecule has 1 saturated carbocycles. The van der Waals surface area contributed by atoms with Crippen LogP contribution in [0.15, 0.2) is 60.0 Å². The number of benzene rings is 1. The molecule has 5 rings (SSSR count). The van der Waals surface area contributed by atoms with Gasteiger partial charge < -0.3 is 50.4 Å². The minimum absolute atomic E-state index is 0.0110. The summed E-state index contributed by atoms with van der Waals surface area (Å²) < 4.78 is 89.9. The maximum Gasteiger partial charge on any atom is 0.411 e. The first-order valence-corrected chi connectivity index (χ1v) is 25.3. The molecule has 77 heavy (non-hydrogen) atoms. The summed E-state index contributed by atoms with van der Waals surface area (Å²) in [5.41, 5.74) is 1.23. The molecule has 2 fully saturated rings. The number of carbonyl (C=O) groups is 7. The molecular formula is C52H66F5N9O11. The number of anilines is 1. The number of alkyl halides is 3. The topological polar surface area (TPSA) is 258 Å². The average molecular weight is 1090 g/mol. The van der Waals surface area contributed by atoms with E-state index < -0.39 is 71.9 Å². The smallest absolute Gasteiger partial charge is 0.411 e. The second-order valence-corrected chi connectivity index (χ2v) is 18.7. The highest BCUT2D eigenvalue weighted by atomic mass is 19.4. The van der Waals surface area contributed by atoms with E-state index in [0.29, 0.717) is 37.8 Å². The number of amides is 7. The summed E-state index contributed by atoms with van der Waals surface area (Å²) >= 11 is 0. The monoisotopic (exact) mass is 1090 g/mol. The molecule has 420 valence electrons. The summed E-state index contributed by atoms with van der Waals surface area (Å²) in [5.74, 6) is -8.94. The van der Waals surface area contributed by atoms with E-state index in [9.17, 15) is 55.5 Å². The van der Waals surface area contributed by atoms with Gasteiger partial charge in [-0.2, -0.15) is 17.6 Å². The van der Waals surface area contributed by atoms with Crippen molar-refractivity contribution in [1.82, 2.24) is 36.1 Å². The van der Waals surface area contributed by atoms with E-state index in [1.165, 1.54) is 18.3 Å². The number of carbonyl (C=O) groups excluding carboxylic acids is 7. The lowest BCUT2D eigenvalue weighted by Crippen LogP contribution is -2.40. The quantitative estimate of drug-likeness (QED) is 0.0487. The molecule has 0 spiro atoms. The highest BCUT2D eigenvalue weighted by Gasteiger charge is 2.43. The SMILES string of the molecule is COc1c([C@H](C(C)C)[C@@H](OCC(F)(F)F)C(=O)Nc2ccnc(C(=O)NCCCNC(=O)C3CCC(=NC(=O)CCOCCOCCNC(=O)CCNC(=O)[C@H]4CC(=O)N(C)[C@@H]4c4cccnc4)CC3)c2)ccc(F)c1F. The lowest BCUT2D eigenvalue weighted by Gasteiger charge is -2.31. The lowest BCUT2D eigenvalue weighted by molar-refractivity contribution is -0.189. The van der Waals surface area contributed by atoms with Gasteiger partial charge >= 0.3 is 6.18 Å². The molecule has 5 N–H and O–H groups in total. The number of pyridine rings is 2. The fraction of sp³-hybridized carbons (Fsp3) is 0.538. The lowest BCUT2D eigenvalue weighted by atomic mass is 9.82. The number of aromatic nitrogens is 2. The van der Waals surface area contributed by atoms with Gasteiger partial charge in [0.25, 0.3) is 11.8 Å². The van der Waals surface area contributed by atoms with Crippen molar-refractivity contribution in [1.29, 1.82) is 0 Å². The predicted molar refractivity (Wildman–Crippen MR) is 268 cm³/mol. The van der Waals surface area contributed by atoms with Crippen LogP contribution >= 0.6 is 0 Å². The largest absolute Gasteiger partial charge is 0.493 e. The molecule has 1 aliphatic heterocycles. The first kappa shape index (κ1) is 60.9. The van der Waals surface area contributed by atoms with E-state index in [4.69, 9.17) is 18.9 Å². The Morgan fingerprint density at radius 1 is 0.857 bits per heavy atom. The number of likely N-dealkylation sites (tertiary alicyclic amines) is 1. The fourth-order valence-corrected chi connectivity index (χ4v) is 8.93. The van der Waals surface area contributed by atoms with Crippen molar-refractivity contribution < 1.29 is 74.5 Å². The normalized spacial score (nSPS) is 17.3. The van der Waals surface area contributed by atoms with Crippen LogP contribution in [0.25, 0.3) is 0 Å². The van der Waals surface area contributed by atoms with E-state index in [1.807, 2.05) is 6.07 Å². The van der Waals surface area contributed by atoms with E-state index in [1.54, 1.807) is 44.3 Å². The van der Waals surface area contributed by atoms with Gasteiger partial charge in [0.1, 0.15) is 18.4 Å². The van der Waals surface area contributed by atoms with Gasteiger partial charge in [0.05, 0.1) is 51.9 Å². The van der Waals surface area contributed by atoms with Crippen LogP contribution in [0.1, 0.15) is 98.8 Å². The van der Waals surface area contributed by atoms with Gasteiger partial charge in [0.15, 0.2) is 11.6 Å². The predicted octanol–water partition coefficient (Wildman–Crippen LogP) is 4.75. The third-order valence-electron chi connectivity index (χ3n) is 12.8. The molecule has 1 aromatic carbocycles. The molecule has 3 heterocycles. The van der Waals surface area contributed by atoms with Gasteiger partial charge in [-0.15, -0.1) is 0 Å². The minimum Gasteiger partial charge on any atom is -0.493 e. The van der Waals surface area contributed by atoms with Crippen LogP contribution in [0.5, 0.6) is 5.75 Å². The van der Waals surface area contributed by atoms with Gasteiger partial charge in [0, 0.05) is 93.5 Å². The van der Waals surface area contributed by atoms with E-state index >= 15 is 0 Å². The summed E-state index contributed by atoms with van der Waals surface area (Å²) in [4.78, 5) is 103. The molecule has 2 aromatic heterocycles. The molecule has 3 aromatic rings. The van der Waals surface area contributed by atoms with Crippen LogP contribution in [0, 0.1) is 29.4 Å². The Bertz CT molecular complexity index is 2530. The Balaban J connectivity index is 0.911. The zero-order valence-electron chi connectivity index (χ0n) is 43.4. The third kappa shape index (κ3) is 18.9. The number of aliphatic imine (C=N–C) groups is 1. The van der Waals surface area contributed by atoms with Crippen LogP contribution in [0.3, 0.4) is 0 Å². The number of nitrogens with zero attached hydrogens (tertiary/aromatic N) is 4. The molecule has 25 heteroatoms. The summed E-state index contributed by atoms with van der Waals surface area (Å²) in [6.07, 6.45) is 0.224. The second-order valence-electron chi connectivity index (χ2n) is 18.7. The van der Waals surface area contributed by atoms with Crippen molar-refractivity contribution in [2.75, 3.05) is 78.7 Å². The first-order chi connectivity index (χ1) is 36.8. The Labute approximate surface area is 442 Å². The van der Waals surface area contributed by atoms with Crippen molar-refractivity contribution in [3.8, 4) is 5.75 Å². The van der Waals surface area contributed by atoms with Crippen molar-refractivity contribution in [3.05, 3.63) is 83.4 Å². The van der Waals surface area contributed by atoms with Gasteiger partial charge in [-0.05, 0) is 67.9 Å². The molecule has 2 aliphatic rings. The Hall–Kier alpha value is -6.99. The van der Waals surface area contributed by atoms with Crippen molar-refractivity contribution >= 4 is 52.7 Å². The molecule has 7 amide bonds. The Morgan fingerprint density at radius 3 is 2.26 bits per heavy atom. The van der Waals surface area contributed by atoms with Gasteiger partial charge in [-0.1, -0.05) is 26.0 Å². The van der Waals surface area contributed by atoms with E-state index in [2.05, 4.69) is 41.5 Å². The number of ether oxygens (including phenoxy) is 4. The number of hydrogen-bond donors (Lipinski definition) is 5. The summed E-state index contributed by atoms with van der Waals surface area (Å²) in [5, 5.41) is 13.4. The maximum atomic E-state index is 14.7. The van der Waals surface area contributed by atoms with Crippen molar-refractivity contribution in [2.45, 2.75) is 89.5 Å². The maximum absolute atomic E-state index is 14.7. The molecule has 0 bridgehead atoms. The number of halogens is 5. The fourth-order valence-electron chi connectivity index (χ4n) is 8.93. The zero-order valence-corrected chi connectivity index (χ0v) is 43.4.